The summed E-state index contributed by atoms with van der Waals surface area (Å²) in [4.78, 5) is 0. The van der Waals surface area contributed by atoms with Gasteiger partial charge in [0.2, 0.25) is 0 Å². The number of alkyl halides is 1. The van der Waals surface area contributed by atoms with E-state index >= 15 is 0 Å². The average Bonchev–Trinajstić information content (AvgIpc) is 2.41. The van der Waals surface area contributed by atoms with Crippen molar-refractivity contribution in [2.45, 2.75) is 31.6 Å². The fourth-order valence-corrected chi connectivity index (χ4v) is 2.61. The van der Waals surface area contributed by atoms with Gasteiger partial charge in [0.15, 0.2) is 0 Å². The van der Waals surface area contributed by atoms with E-state index in [-0.39, 0.29) is 5.38 Å². The largest absolute Gasteiger partial charge is 0.123 e. The van der Waals surface area contributed by atoms with Crippen molar-refractivity contribution < 1.29 is 0 Å². The molecule has 2 rings (SSSR count). The molecule has 0 amide bonds. The minimum Gasteiger partial charge on any atom is -0.123 e. The lowest BCUT2D eigenvalue weighted by Crippen LogP contribution is -2.05. The molecule has 0 aliphatic carbocycles. The molecule has 0 spiro atoms. The van der Waals surface area contributed by atoms with E-state index in [0.717, 1.165) is 23.7 Å². The maximum atomic E-state index is 6.42. The van der Waals surface area contributed by atoms with Crippen molar-refractivity contribution in [1.29, 1.82) is 0 Å². The van der Waals surface area contributed by atoms with Gasteiger partial charge in [-0.1, -0.05) is 57.9 Å². The lowest BCUT2D eigenvalue weighted by atomic mass is 10.0. The van der Waals surface area contributed by atoms with Crippen LogP contribution < -0.4 is 0 Å². The Morgan fingerprint density at radius 1 is 0.947 bits per heavy atom. The first kappa shape index (κ1) is 14.6. The molecule has 0 N–H and O–H groups in total. The van der Waals surface area contributed by atoms with Crippen molar-refractivity contribution in [2.24, 2.45) is 0 Å². The fourth-order valence-electron chi connectivity index (χ4n) is 2.06. The molecule has 0 saturated heterocycles. The van der Waals surface area contributed by atoms with Crippen LogP contribution in [0.4, 0.5) is 0 Å². The van der Waals surface area contributed by atoms with E-state index in [1.54, 1.807) is 0 Å². The Kier molecular flexibility index (Phi) is 5.47. The monoisotopic (exact) mass is 336 g/mol. The second-order valence-corrected chi connectivity index (χ2v) is 6.49. The number of aryl methyl sites for hydroxylation is 2. The minimum atomic E-state index is 0.197. The van der Waals surface area contributed by atoms with Crippen LogP contribution in [0.3, 0.4) is 0 Å². The molecule has 0 nitrogen and oxygen atoms in total. The summed E-state index contributed by atoms with van der Waals surface area (Å²) in [6.45, 7) is 2.11. The Hall–Kier alpha value is -0.790. The zero-order chi connectivity index (χ0) is 13.7. The van der Waals surface area contributed by atoms with Crippen LogP contribution in [-0.4, -0.2) is 5.38 Å². The van der Waals surface area contributed by atoms with Crippen LogP contribution in [-0.2, 0) is 12.8 Å². The molecular formula is C17H18BrCl. The molecule has 0 fully saturated rings. The Bertz CT molecular complexity index is 502. The molecule has 0 heterocycles. The lowest BCUT2D eigenvalue weighted by molar-refractivity contribution is 0.743. The van der Waals surface area contributed by atoms with Gasteiger partial charge in [-0.15, -0.1) is 11.6 Å². The first-order valence-electron chi connectivity index (χ1n) is 6.57. The van der Waals surface area contributed by atoms with E-state index in [1.165, 1.54) is 16.7 Å². The fraction of sp³-hybridized carbons (Fsp3) is 0.294. The van der Waals surface area contributed by atoms with Crippen LogP contribution >= 0.6 is 27.5 Å². The molecular weight excluding hydrogens is 320 g/mol. The van der Waals surface area contributed by atoms with Crippen molar-refractivity contribution in [1.82, 2.24) is 0 Å². The second-order valence-electron chi connectivity index (χ2n) is 4.95. The van der Waals surface area contributed by atoms with E-state index in [1.807, 2.05) is 0 Å². The van der Waals surface area contributed by atoms with Gasteiger partial charge in [-0.2, -0.15) is 0 Å². The summed E-state index contributed by atoms with van der Waals surface area (Å²) in [5.74, 6) is 0. The molecule has 2 heteroatoms. The summed E-state index contributed by atoms with van der Waals surface area (Å²) in [6.07, 6.45) is 2.99. The average molecular weight is 338 g/mol. The van der Waals surface area contributed by atoms with E-state index in [9.17, 15) is 0 Å². The maximum absolute atomic E-state index is 6.42. The van der Waals surface area contributed by atoms with Gasteiger partial charge in [0.1, 0.15) is 0 Å². The summed E-state index contributed by atoms with van der Waals surface area (Å²) < 4.78 is 1.11. The van der Waals surface area contributed by atoms with Gasteiger partial charge in [0.05, 0.1) is 0 Å². The molecule has 0 aliphatic heterocycles. The van der Waals surface area contributed by atoms with Crippen molar-refractivity contribution in [2.75, 3.05) is 0 Å². The number of hydrogen-bond acceptors (Lipinski definition) is 0. The van der Waals surface area contributed by atoms with Gasteiger partial charge in [-0.3, -0.25) is 0 Å². The van der Waals surface area contributed by atoms with Gasteiger partial charge in [0, 0.05) is 9.85 Å². The maximum Gasteiger partial charge on any atom is 0.0379 e. The smallest absolute Gasteiger partial charge is 0.0379 e. The molecule has 0 bridgehead atoms. The van der Waals surface area contributed by atoms with Crippen LogP contribution in [0.25, 0.3) is 0 Å². The Balaban J connectivity index is 1.82. The standard InChI is InChI=1S/C17H18BrCl/c1-13-2-4-14(5-3-13)8-11-17(19)12-15-6-9-16(18)10-7-15/h2-7,9-10,17H,8,11-12H2,1H3. The zero-order valence-corrected chi connectivity index (χ0v) is 13.4. The van der Waals surface area contributed by atoms with Crippen LogP contribution in [0.5, 0.6) is 0 Å². The first-order chi connectivity index (χ1) is 9.13. The third kappa shape index (κ3) is 5.00. The molecule has 1 unspecified atom stereocenters. The predicted octanol–water partition coefficient (Wildman–Crippen LogP) is 5.54. The Morgan fingerprint density at radius 3 is 2.16 bits per heavy atom. The third-order valence-electron chi connectivity index (χ3n) is 3.24. The van der Waals surface area contributed by atoms with E-state index in [0.29, 0.717) is 0 Å². The van der Waals surface area contributed by atoms with Crippen LogP contribution in [0, 0.1) is 6.92 Å². The summed E-state index contributed by atoms with van der Waals surface area (Å²) in [7, 11) is 0. The SMILES string of the molecule is Cc1ccc(CCC(Cl)Cc2ccc(Br)cc2)cc1. The molecule has 19 heavy (non-hydrogen) atoms. The van der Waals surface area contributed by atoms with Crippen molar-refractivity contribution in [3.63, 3.8) is 0 Å². The van der Waals surface area contributed by atoms with Crippen molar-refractivity contribution in [3.8, 4) is 0 Å². The Labute approximate surface area is 128 Å². The second kappa shape index (κ2) is 7.12. The molecule has 0 radical (unpaired) electrons. The Morgan fingerprint density at radius 2 is 1.53 bits per heavy atom. The van der Waals surface area contributed by atoms with Crippen LogP contribution in [0.2, 0.25) is 0 Å². The highest BCUT2D eigenvalue weighted by molar-refractivity contribution is 9.10. The number of hydrogen-bond donors (Lipinski definition) is 0. The quantitative estimate of drug-likeness (QED) is 0.628. The number of halogens is 2. The minimum absolute atomic E-state index is 0.197. The molecule has 0 aromatic heterocycles. The third-order valence-corrected chi connectivity index (χ3v) is 4.14. The van der Waals surface area contributed by atoms with E-state index in [4.69, 9.17) is 11.6 Å². The summed E-state index contributed by atoms with van der Waals surface area (Å²) in [5, 5.41) is 0.197. The molecule has 100 valence electrons. The van der Waals surface area contributed by atoms with Crippen LogP contribution in [0.1, 0.15) is 23.1 Å². The normalized spacial score (nSPS) is 12.4. The molecule has 0 saturated carbocycles. The van der Waals surface area contributed by atoms with Crippen molar-refractivity contribution in [3.05, 3.63) is 69.7 Å². The highest BCUT2D eigenvalue weighted by atomic mass is 79.9. The van der Waals surface area contributed by atoms with Crippen molar-refractivity contribution >= 4 is 27.5 Å². The summed E-state index contributed by atoms with van der Waals surface area (Å²) >= 11 is 9.87. The number of benzene rings is 2. The summed E-state index contributed by atoms with van der Waals surface area (Å²) in [5.41, 5.74) is 3.97. The molecule has 2 aromatic rings. The topological polar surface area (TPSA) is 0 Å². The highest BCUT2D eigenvalue weighted by Crippen LogP contribution is 2.17. The molecule has 0 aliphatic rings. The van der Waals surface area contributed by atoms with Gasteiger partial charge >= 0.3 is 0 Å². The zero-order valence-electron chi connectivity index (χ0n) is 11.1. The first-order valence-corrected chi connectivity index (χ1v) is 7.80. The highest BCUT2D eigenvalue weighted by Gasteiger charge is 2.06. The van der Waals surface area contributed by atoms with E-state index < -0.39 is 0 Å². The number of rotatable bonds is 5. The van der Waals surface area contributed by atoms with Gasteiger partial charge in [-0.05, 0) is 49.4 Å². The molecule has 2 aromatic carbocycles. The summed E-state index contributed by atoms with van der Waals surface area (Å²) in [6, 6.07) is 17.1. The lowest BCUT2D eigenvalue weighted by Gasteiger charge is -2.10. The van der Waals surface area contributed by atoms with Gasteiger partial charge in [0.25, 0.3) is 0 Å². The molecule has 1 atom stereocenters. The van der Waals surface area contributed by atoms with Gasteiger partial charge in [-0.25, -0.2) is 0 Å². The predicted molar refractivity (Wildman–Crippen MR) is 87.0 cm³/mol. The van der Waals surface area contributed by atoms with Crippen LogP contribution in [0.15, 0.2) is 53.0 Å². The van der Waals surface area contributed by atoms with Gasteiger partial charge < -0.3 is 0 Å². The van der Waals surface area contributed by atoms with E-state index in [2.05, 4.69) is 71.4 Å².